The molecule has 0 radical (unpaired) electrons. The van der Waals surface area contributed by atoms with Crippen molar-refractivity contribution in [1.29, 1.82) is 0 Å². The van der Waals surface area contributed by atoms with Crippen LogP contribution in [0.2, 0.25) is 0 Å². The van der Waals surface area contributed by atoms with E-state index in [1.54, 1.807) is 10.8 Å². The van der Waals surface area contributed by atoms with Crippen LogP contribution in [0, 0.1) is 0 Å². The second-order valence-electron chi connectivity index (χ2n) is 4.90. The number of alkyl halides is 1. The van der Waals surface area contributed by atoms with Crippen molar-refractivity contribution in [2.24, 2.45) is 0 Å². The van der Waals surface area contributed by atoms with Crippen molar-refractivity contribution in [3.63, 3.8) is 0 Å². The van der Waals surface area contributed by atoms with E-state index in [0.717, 1.165) is 5.56 Å². The zero-order chi connectivity index (χ0) is 15.2. The third-order valence-electron chi connectivity index (χ3n) is 3.40. The van der Waals surface area contributed by atoms with Crippen molar-refractivity contribution < 1.29 is 0 Å². The van der Waals surface area contributed by atoms with Crippen LogP contribution in [0.15, 0.2) is 46.1 Å². The quantitative estimate of drug-likeness (QED) is 0.768. The maximum atomic E-state index is 12.5. The molecule has 0 saturated carbocycles. The summed E-state index contributed by atoms with van der Waals surface area (Å²) in [6.45, 7) is 2.75. The fourth-order valence-electron chi connectivity index (χ4n) is 2.26. The number of benzene rings is 1. The summed E-state index contributed by atoms with van der Waals surface area (Å²) in [5.74, 6) is 0.431. The molecular weight excluding hydrogens is 288 g/mol. The van der Waals surface area contributed by atoms with E-state index in [-0.39, 0.29) is 11.2 Å². The van der Waals surface area contributed by atoms with E-state index in [1.165, 1.54) is 4.57 Å². The SMILES string of the molecule is CCc1cn(Cc2ccccc2)c(=O)n(CCCCl)c1=O. The highest BCUT2D eigenvalue weighted by Crippen LogP contribution is 2.01. The van der Waals surface area contributed by atoms with Crippen molar-refractivity contribution in [3.05, 3.63) is 68.5 Å². The van der Waals surface area contributed by atoms with Gasteiger partial charge in [0.05, 0.1) is 6.54 Å². The van der Waals surface area contributed by atoms with Gasteiger partial charge in [-0.1, -0.05) is 37.3 Å². The topological polar surface area (TPSA) is 44.0 Å². The van der Waals surface area contributed by atoms with Gasteiger partial charge in [0.2, 0.25) is 0 Å². The Labute approximate surface area is 128 Å². The summed E-state index contributed by atoms with van der Waals surface area (Å²) in [6.07, 6.45) is 2.89. The summed E-state index contributed by atoms with van der Waals surface area (Å²) in [7, 11) is 0. The third-order valence-corrected chi connectivity index (χ3v) is 3.67. The molecule has 0 saturated heterocycles. The molecule has 0 atom stereocenters. The van der Waals surface area contributed by atoms with Gasteiger partial charge < -0.3 is 0 Å². The maximum absolute atomic E-state index is 12.5. The summed E-state index contributed by atoms with van der Waals surface area (Å²) in [5, 5.41) is 0. The molecule has 21 heavy (non-hydrogen) atoms. The highest BCUT2D eigenvalue weighted by molar-refractivity contribution is 6.17. The van der Waals surface area contributed by atoms with Crippen molar-refractivity contribution >= 4 is 11.6 Å². The molecule has 112 valence electrons. The highest BCUT2D eigenvalue weighted by atomic mass is 35.5. The Hall–Kier alpha value is -1.81. The first-order valence-corrected chi connectivity index (χ1v) is 7.64. The van der Waals surface area contributed by atoms with Crippen molar-refractivity contribution in [3.8, 4) is 0 Å². The number of aromatic nitrogens is 2. The minimum Gasteiger partial charge on any atom is -0.296 e. The summed E-state index contributed by atoms with van der Waals surface area (Å²) in [6, 6.07) is 9.74. The van der Waals surface area contributed by atoms with Crippen molar-refractivity contribution in [2.45, 2.75) is 32.9 Å². The van der Waals surface area contributed by atoms with E-state index in [4.69, 9.17) is 11.6 Å². The smallest absolute Gasteiger partial charge is 0.296 e. The van der Waals surface area contributed by atoms with Gasteiger partial charge in [-0.25, -0.2) is 4.79 Å². The van der Waals surface area contributed by atoms with Crippen LogP contribution < -0.4 is 11.2 Å². The van der Waals surface area contributed by atoms with Gasteiger partial charge in [-0.3, -0.25) is 13.9 Å². The molecule has 0 aliphatic heterocycles. The Balaban J connectivity index is 2.46. The predicted molar refractivity (Wildman–Crippen MR) is 85.2 cm³/mol. The molecule has 0 fully saturated rings. The molecule has 0 bridgehead atoms. The minimum absolute atomic E-state index is 0.197. The fraction of sp³-hybridized carbons (Fsp3) is 0.375. The van der Waals surface area contributed by atoms with Crippen LogP contribution in [0.4, 0.5) is 0 Å². The molecule has 0 aliphatic rings. The van der Waals surface area contributed by atoms with E-state index >= 15 is 0 Å². The Morgan fingerprint density at radius 3 is 2.48 bits per heavy atom. The monoisotopic (exact) mass is 306 g/mol. The van der Waals surface area contributed by atoms with Gasteiger partial charge in [0, 0.05) is 24.2 Å². The highest BCUT2D eigenvalue weighted by Gasteiger charge is 2.10. The second-order valence-corrected chi connectivity index (χ2v) is 5.28. The lowest BCUT2D eigenvalue weighted by molar-refractivity contribution is 0.559. The van der Waals surface area contributed by atoms with Gasteiger partial charge in [0.25, 0.3) is 5.56 Å². The van der Waals surface area contributed by atoms with Gasteiger partial charge in [0.1, 0.15) is 0 Å². The van der Waals surface area contributed by atoms with Crippen LogP contribution in [0.5, 0.6) is 0 Å². The van der Waals surface area contributed by atoms with Crippen LogP contribution in [-0.4, -0.2) is 15.0 Å². The lowest BCUT2D eigenvalue weighted by atomic mass is 10.2. The Morgan fingerprint density at radius 2 is 1.86 bits per heavy atom. The molecule has 5 heteroatoms. The third kappa shape index (κ3) is 3.64. The van der Waals surface area contributed by atoms with Crippen LogP contribution in [0.25, 0.3) is 0 Å². The average molecular weight is 307 g/mol. The Morgan fingerprint density at radius 1 is 1.14 bits per heavy atom. The lowest BCUT2D eigenvalue weighted by Gasteiger charge is -2.12. The lowest BCUT2D eigenvalue weighted by Crippen LogP contribution is -2.41. The minimum atomic E-state index is -0.272. The van der Waals surface area contributed by atoms with Crippen LogP contribution in [0.3, 0.4) is 0 Å². The first kappa shape index (κ1) is 15.6. The Bertz CT molecular complexity index is 704. The van der Waals surface area contributed by atoms with E-state index in [1.807, 2.05) is 37.3 Å². The predicted octanol–water partition coefficient (Wildman–Crippen LogP) is 2.25. The molecule has 0 N–H and O–H groups in total. The first-order valence-electron chi connectivity index (χ1n) is 7.10. The second kappa shape index (κ2) is 7.27. The van der Waals surface area contributed by atoms with Crippen LogP contribution in [-0.2, 0) is 19.5 Å². The summed E-state index contributed by atoms with van der Waals surface area (Å²) >= 11 is 5.68. The summed E-state index contributed by atoms with van der Waals surface area (Å²) in [4.78, 5) is 24.7. The number of hydrogen-bond donors (Lipinski definition) is 0. The molecule has 0 aliphatic carbocycles. The molecule has 2 aromatic rings. The number of hydrogen-bond acceptors (Lipinski definition) is 2. The molecular formula is C16H19ClN2O2. The largest absolute Gasteiger partial charge is 0.331 e. The molecule has 0 amide bonds. The van der Waals surface area contributed by atoms with Gasteiger partial charge in [-0.15, -0.1) is 11.6 Å². The summed E-state index contributed by atoms with van der Waals surface area (Å²) < 4.78 is 2.90. The molecule has 0 unspecified atom stereocenters. The number of halogens is 1. The zero-order valence-corrected chi connectivity index (χ0v) is 12.8. The van der Waals surface area contributed by atoms with Gasteiger partial charge in [0.15, 0.2) is 0 Å². The van der Waals surface area contributed by atoms with E-state index < -0.39 is 0 Å². The van der Waals surface area contributed by atoms with Crippen LogP contribution in [0.1, 0.15) is 24.5 Å². The summed E-state index contributed by atoms with van der Waals surface area (Å²) in [5.41, 5.74) is 1.22. The number of rotatable bonds is 6. The molecule has 2 rings (SSSR count). The van der Waals surface area contributed by atoms with E-state index in [0.29, 0.717) is 37.4 Å². The fourth-order valence-corrected chi connectivity index (χ4v) is 2.38. The average Bonchev–Trinajstić information content (AvgIpc) is 2.51. The molecule has 4 nitrogen and oxygen atoms in total. The van der Waals surface area contributed by atoms with Gasteiger partial charge >= 0.3 is 5.69 Å². The molecule has 0 spiro atoms. The van der Waals surface area contributed by atoms with E-state index in [9.17, 15) is 9.59 Å². The van der Waals surface area contributed by atoms with Crippen molar-refractivity contribution in [2.75, 3.05) is 5.88 Å². The first-order chi connectivity index (χ1) is 10.2. The van der Waals surface area contributed by atoms with Crippen molar-refractivity contribution in [1.82, 2.24) is 9.13 Å². The molecule has 1 aromatic carbocycles. The van der Waals surface area contributed by atoms with Gasteiger partial charge in [-0.05, 0) is 18.4 Å². The maximum Gasteiger partial charge on any atom is 0.331 e. The Kier molecular flexibility index (Phi) is 5.39. The molecule has 1 heterocycles. The zero-order valence-electron chi connectivity index (χ0n) is 12.1. The number of aryl methyl sites for hydroxylation is 1. The van der Waals surface area contributed by atoms with E-state index in [2.05, 4.69) is 0 Å². The van der Waals surface area contributed by atoms with Gasteiger partial charge in [-0.2, -0.15) is 0 Å². The molecule has 1 aromatic heterocycles. The standard InChI is InChI=1S/C16H19ClN2O2/c1-2-14-12-18(11-13-7-4-3-5-8-13)16(21)19(15(14)20)10-6-9-17/h3-5,7-8,12H,2,6,9-11H2,1H3. The van der Waals surface area contributed by atoms with Crippen LogP contribution >= 0.6 is 11.6 Å². The number of nitrogens with zero attached hydrogens (tertiary/aromatic N) is 2. The normalized spacial score (nSPS) is 10.8.